The number of alkyl halides is 3. The molecular weight excluding hydrogens is 255 g/mol. The average Bonchev–Trinajstić information content (AvgIpc) is 2.23. The quantitative estimate of drug-likeness (QED) is 0.824. The topological polar surface area (TPSA) is 21.3 Å². The number of nitrogens with one attached hydrogen (secondary N) is 1. The molecule has 1 atom stereocenters. The normalized spacial score (nSPS) is 13.7. The van der Waals surface area contributed by atoms with Crippen molar-refractivity contribution < 1.29 is 17.9 Å². The number of ether oxygens (including phenoxy) is 1. The number of benzene rings is 1. The van der Waals surface area contributed by atoms with Crippen LogP contribution in [0.5, 0.6) is 0 Å². The van der Waals surface area contributed by atoms with Gasteiger partial charge in [0.1, 0.15) is 0 Å². The van der Waals surface area contributed by atoms with Gasteiger partial charge >= 0.3 is 6.36 Å². The number of hydrogen-bond acceptors (Lipinski definition) is 2. The van der Waals surface area contributed by atoms with E-state index in [9.17, 15) is 13.2 Å². The van der Waals surface area contributed by atoms with Crippen LogP contribution in [0.25, 0.3) is 0 Å². The Bertz CT molecular complexity index is 357. The average molecular weight is 268 g/mol. The third-order valence-corrected chi connectivity index (χ3v) is 2.40. The van der Waals surface area contributed by atoms with Crippen molar-refractivity contribution in [1.82, 2.24) is 5.32 Å². The molecule has 0 heterocycles. The Balaban J connectivity index is 2.33. The molecule has 6 heteroatoms. The Morgan fingerprint density at radius 3 is 2.71 bits per heavy atom. The minimum Gasteiger partial charge on any atom is -0.308 e. The highest BCUT2D eigenvalue weighted by Gasteiger charge is 2.28. The van der Waals surface area contributed by atoms with Crippen LogP contribution in [0.3, 0.4) is 0 Å². The molecule has 0 saturated carbocycles. The van der Waals surface area contributed by atoms with Gasteiger partial charge in [0.25, 0.3) is 0 Å². The molecule has 0 aromatic heterocycles. The Morgan fingerprint density at radius 2 is 2.12 bits per heavy atom. The molecule has 1 N–H and O–H groups in total. The fourth-order valence-electron chi connectivity index (χ4n) is 1.34. The SMILES string of the molecule is CC(NCCOC(F)(F)F)c1cccc(Cl)c1. The van der Waals surface area contributed by atoms with Gasteiger partial charge in [-0.25, -0.2) is 0 Å². The van der Waals surface area contributed by atoms with Gasteiger partial charge in [0, 0.05) is 17.6 Å². The van der Waals surface area contributed by atoms with Crippen molar-refractivity contribution in [3.05, 3.63) is 34.9 Å². The summed E-state index contributed by atoms with van der Waals surface area (Å²) in [6.45, 7) is 1.56. The Hall–Kier alpha value is -0.780. The predicted molar refractivity (Wildman–Crippen MR) is 59.9 cm³/mol. The number of rotatable bonds is 5. The standard InChI is InChI=1S/C11H13ClF3NO/c1-8(9-3-2-4-10(12)7-9)16-5-6-17-11(13,14)15/h2-4,7-8,16H,5-6H2,1H3. The molecule has 0 aliphatic carbocycles. The Kier molecular flexibility index (Phi) is 5.24. The molecule has 1 rings (SSSR count). The molecule has 0 spiro atoms. The molecule has 0 fully saturated rings. The van der Waals surface area contributed by atoms with Gasteiger partial charge in [-0.2, -0.15) is 0 Å². The summed E-state index contributed by atoms with van der Waals surface area (Å²) in [5.41, 5.74) is 0.921. The van der Waals surface area contributed by atoms with Crippen LogP contribution in [0, 0.1) is 0 Å². The maximum absolute atomic E-state index is 11.7. The van der Waals surface area contributed by atoms with E-state index in [2.05, 4.69) is 10.1 Å². The van der Waals surface area contributed by atoms with Gasteiger partial charge in [0.15, 0.2) is 0 Å². The van der Waals surface area contributed by atoms with Gasteiger partial charge in [-0.15, -0.1) is 13.2 Å². The third-order valence-electron chi connectivity index (χ3n) is 2.17. The van der Waals surface area contributed by atoms with E-state index in [1.165, 1.54) is 0 Å². The lowest BCUT2D eigenvalue weighted by Gasteiger charge is -2.15. The largest absolute Gasteiger partial charge is 0.522 e. The minimum atomic E-state index is -4.57. The lowest BCUT2D eigenvalue weighted by Crippen LogP contribution is -2.26. The molecule has 0 bridgehead atoms. The Labute approximate surface area is 103 Å². The second kappa shape index (κ2) is 6.23. The van der Waals surface area contributed by atoms with Crippen LogP contribution in [0.4, 0.5) is 13.2 Å². The molecule has 0 saturated heterocycles. The maximum atomic E-state index is 11.7. The van der Waals surface area contributed by atoms with E-state index in [-0.39, 0.29) is 12.6 Å². The Morgan fingerprint density at radius 1 is 1.41 bits per heavy atom. The molecule has 1 unspecified atom stereocenters. The van der Waals surface area contributed by atoms with E-state index in [0.717, 1.165) is 5.56 Å². The highest BCUT2D eigenvalue weighted by molar-refractivity contribution is 6.30. The summed E-state index contributed by atoms with van der Waals surface area (Å²) in [6, 6.07) is 7.08. The van der Waals surface area contributed by atoms with Crippen molar-refractivity contribution in [3.8, 4) is 0 Å². The number of halogens is 4. The van der Waals surface area contributed by atoms with E-state index in [1.54, 1.807) is 18.2 Å². The summed E-state index contributed by atoms with van der Waals surface area (Å²) in [6.07, 6.45) is -4.57. The highest BCUT2D eigenvalue weighted by Crippen LogP contribution is 2.18. The van der Waals surface area contributed by atoms with Crippen molar-refractivity contribution in [2.24, 2.45) is 0 Å². The molecule has 0 amide bonds. The van der Waals surface area contributed by atoms with Crippen LogP contribution >= 0.6 is 11.6 Å². The van der Waals surface area contributed by atoms with Crippen molar-refractivity contribution in [3.63, 3.8) is 0 Å². The van der Waals surface area contributed by atoms with Gasteiger partial charge in [-0.05, 0) is 24.6 Å². The van der Waals surface area contributed by atoms with E-state index in [0.29, 0.717) is 5.02 Å². The lowest BCUT2D eigenvalue weighted by molar-refractivity contribution is -0.323. The summed E-state index contributed by atoms with van der Waals surface area (Å²) in [5.74, 6) is 0. The molecule has 1 aromatic carbocycles. The zero-order chi connectivity index (χ0) is 12.9. The van der Waals surface area contributed by atoms with E-state index in [1.807, 2.05) is 13.0 Å². The van der Waals surface area contributed by atoms with E-state index >= 15 is 0 Å². The highest BCUT2D eigenvalue weighted by atomic mass is 35.5. The molecule has 0 radical (unpaired) electrons. The number of hydrogen-bond donors (Lipinski definition) is 1. The zero-order valence-electron chi connectivity index (χ0n) is 9.22. The fourth-order valence-corrected chi connectivity index (χ4v) is 1.53. The van der Waals surface area contributed by atoms with Gasteiger partial charge < -0.3 is 5.32 Å². The van der Waals surface area contributed by atoms with Crippen LogP contribution in [-0.4, -0.2) is 19.5 Å². The first-order valence-corrected chi connectivity index (χ1v) is 5.46. The zero-order valence-corrected chi connectivity index (χ0v) is 9.98. The molecule has 0 aliphatic heterocycles. The van der Waals surface area contributed by atoms with Crippen molar-refractivity contribution in [1.29, 1.82) is 0 Å². The first-order chi connectivity index (χ1) is 7.88. The van der Waals surface area contributed by atoms with Crippen molar-refractivity contribution in [2.45, 2.75) is 19.3 Å². The molecular formula is C11H13ClF3NO. The van der Waals surface area contributed by atoms with E-state index in [4.69, 9.17) is 11.6 Å². The minimum absolute atomic E-state index is 0.0782. The van der Waals surface area contributed by atoms with Crippen molar-refractivity contribution >= 4 is 11.6 Å². The monoisotopic (exact) mass is 267 g/mol. The van der Waals surface area contributed by atoms with Gasteiger partial charge in [-0.1, -0.05) is 23.7 Å². The second-order valence-corrected chi connectivity index (χ2v) is 3.96. The summed E-state index contributed by atoms with van der Waals surface area (Å²) >= 11 is 5.81. The summed E-state index contributed by atoms with van der Waals surface area (Å²) < 4.78 is 38.7. The van der Waals surface area contributed by atoms with E-state index < -0.39 is 13.0 Å². The van der Waals surface area contributed by atoms with Crippen LogP contribution < -0.4 is 5.32 Å². The maximum Gasteiger partial charge on any atom is 0.522 e. The third kappa shape index (κ3) is 5.91. The molecule has 1 aromatic rings. The molecule has 2 nitrogen and oxygen atoms in total. The van der Waals surface area contributed by atoms with Gasteiger partial charge in [0.05, 0.1) is 6.61 Å². The second-order valence-electron chi connectivity index (χ2n) is 3.53. The molecule has 17 heavy (non-hydrogen) atoms. The molecule has 0 aliphatic rings. The summed E-state index contributed by atoms with van der Waals surface area (Å²) in [5, 5.41) is 3.51. The van der Waals surface area contributed by atoms with Crippen LogP contribution in [-0.2, 0) is 4.74 Å². The van der Waals surface area contributed by atoms with Crippen LogP contribution in [0.15, 0.2) is 24.3 Å². The van der Waals surface area contributed by atoms with Crippen LogP contribution in [0.2, 0.25) is 5.02 Å². The molecule has 96 valence electrons. The first kappa shape index (κ1) is 14.3. The smallest absolute Gasteiger partial charge is 0.308 e. The van der Waals surface area contributed by atoms with Crippen LogP contribution in [0.1, 0.15) is 18.5 Å². The van der Waals surface area contributed by atoms with Gasteiger partial charge in [0.2, 0.25) is 0 Å². The first-order valence-electron chi connectivity index (χ1n) is 5.08. The van der Waals surface area contributed by atoms with Gasteiger partial charge in [-0.3, -0.25) is 4.74 Å². The fraction of sp³-hybridized carbons (Fsp3) is 0.455. The summed E-state index contributed by atoms with van der Waals surface area (Å²) in [4.78, 5) is 0. The van der Waals surface area contributed by atoms with Crippen molar-refractivity contribution in [2.75, 3.05) is 13.2 Å². The predicted octanol–water partition coefficient (Wildman–Crippen LogP) is 3.53. The summed E-state index contributed by atoms with van der Waals surface area (Å²) in [7, 11) is 0. The lowest BCUT2D eigenvalue weighted by atomic mass is 10.1.